The summed E-state index contributed by atoms with van der Waals surface area (Å²) in [6, 6.07) is 5.59. The third-order valence-corrected chi connectivity index (χ3v) is 2.62. The molecule has 0 saturated heterocycles. The zero-order chi connectivity index (χ0) is 11.1. The second-order valence-corrected chi connectivity index (χ2v) is 3.60. The van der Waals surface area contributed by atoms with Crippen molar-refractivity contribution in [3.05, 3.63) is 23.9 Å². The van der Waals surface area contributed by atoms with Crippen molar-refractivity contribution in [2.75, 3.05) is 11.9 Å². The maximum Gasteiger partial charge on any atom is 0.127 e. The molecule has 3 heteroatoms. The van der Waals surface area contributed by atoms with Gasteiger partial charge in [-0.1, -0.05) is 26.7 Å². The topological polar surface area (TPSA) is 48.7 Å². The molecule has 0 aliphatic carbocycles. The Morgan fingerprint density at radius 2 is 2.20 bits per heavy atom. The summed E-state index contributed by atoms with van der Waals surface area (Å²) in [7, 11) is 0. The van der Waals surface area contributed by atoms with Crippen molar-refractivity contribution >= 4 is 5.82 Å². The van der Waals surface area contributed by atoms with Crippen LogP contribution in [-0.4, -0.2) is 11.5 Å². The van der Waals surface area contributed by atoms with Gasteiger partial charge in [0.2, 0.25) is 0 Å². The molecule has 0 radical (unpaired) electrons. The first-order valence-electron chi connectivity index (χ1n) is 5.40. The number of nitrogens with zero attached hydrogens (tertiary/aromatic N) is 2. The van der Waals surface area contributed by atoms with Crippen LogP contribution in [-0.2, 0) is 0 Å². The second kappa shape index (κ2) is 6.02. The standard InChI is InChI=1S/C12H17N3/c1-3-10(4-2)9-15-12-7-11(8-13)5-6-14-12/h5-7,10H,3-4,9H2,1-2H3,(H,14,15). The molecule has 3 nitrogen and oxygen atoms in total. The molecule has 80 valence electrons. The zero-order valence-electron chi connectivity index (χ0n) is 9.33. The highest BCUT2D eigenvalue weighted by Gasteiger charge is 2.03. The number of nitriles is 1. The highest BCUT2D eigenvalue weighted by molar-refractivity contribution is 5.42. The molecule has 0 fully saturated rings. The van der Waals surface area contributed by atoms with Gasteiger partial charge in [0.15, 0.2) is 0 Å². The lowest BCUT2D eigenvalue weighted by atomic mass is 10.0. The van der Waals surface area contributed by atoms with E-state index in [4.69, 9.17) is 5.26 Å². The molecule has 0 saturated carbocycles. The Kier molecular flexibility index (Phi) is 4.62. The average molecular weight is 203 g/mol. The van der Waals surface area contributed by atoms with Crippen molar-refractivity contribution in [2.45, 2.75) is 26.7 Å². The second-order valence-electron chi connectivity index (χ2n) is 3.60. The van der Waals surface area contributed by atoms with E-state index in [1.54, 1.807) is 18.3 Å². The van der Waals surface area contributed by atoms with Gasteiger partial charge in [-0.05, 0) is 18.1 Å². The predicted molar refractivity (Wildman–Crippen MR) is 61.5 cm³/mol. The number of hydrogen-bond donors (Lipinski definition) is 1. The molecule has 0 unspecified atom stereocenters. The summed E-state index contributed by atoms with van der Waals surface area (Å²) in [6.45, 7) is 5.30. The Balaban J connectivity index is 2.54. The third-order valence-electron chi connectivity index (χ3n) is 2.62. The van der Waals surface area contributed by atoms with Crippen molar-refractivity contribution in [1.82, 2.24) is 4.98 Å². The van der Waals surface area contributed by atoms with Crippen molar-refractivity contribution in [3.63, 3.8) is 0 Å². The summed E-state index contributed by atoms with van der Waals surface area (Å²) in [5, 5.41) is 12.0. The lowest BCUT2D eigenvalue weighted by Gasteiger charge is -2.13. The molecule has 0 atom stereocenters. The highest BCUT2D eigenvalue weighted by atomic mass is 15.0. The van der Waals surface area contributed by atoms with Crippen LogP contribution in [0.25, 0.3) is 0 Å². The first-order valence-corrected chi connectivity index (χ1v) is 5.40. The molecular formula is C12H17N3. The zero-order valence-corrected chi connectivity index (χ0v) is 9.33. The van der Waals surface area contributed by atoms with Gasteiger partial charge in [0.05, 0.1) is 11.6 Å². The summed E-state index contributed by atoms with van der Waals surface area (Å²) in [4.78, 5) is 4.17. The lowest BCUT2D eigenvalue weighted by molar-refractivity contribution is 0.518. The maximum absolute atomic E-state index is 8.73. The minimum absolute atomic E-state index is 0.650. The fraction of sp³-hybridized carbons (Fsp3) is 0.500. The van der Waals surface area contributed by atoms with E-state index in [2.05, 4.69) is 30.2 Å². The predicted octanol–water partition coefficient (Wildman–Crippen LogP) is 2.80. The molecule has 0 aromatic carbocycles. The van der Waals surface area contributed by atoms with Gasteiger partial charge in [0.25, 0.3) is 0 Å². The number of pyridine rings is 1. The summed E-state index contributed by atoms with van der Waals surface area (Å²) in [5.74, 6) is 1.47. The van der Waals surface area contributed by atoms with Gasteiger partial charge in [-0.25, -0.2) is 4.98 Å². The van der Waals surface area contributed by atoms with E-state index in [1.165, 1.54) is 12.8 Å². The molecule has 0 spiro atoms. The van der Waals surface area contributed by atoms with E-state index >= 15 is 0 Å². The van der Waals surface area contributed by atoms with Crippen LogP contribution in [0.1, 0.15) is 32.3 Å². The van der Waals surface area contributed by atoms with Crippen LogP contribution in [0.3, 0.4) is 0 Å². The Morgan fingerprint density at radius 1 is 1.47 bits per heavy atom. The molecule has 0 amide bonds. The van der Waals surface area contributed by atoms with Crippen LogP contribution in [0, 0.1) is 17.2 Å². The van der Waals surface area contributed by atoms with Gasteiger partial charge in [0.1, 0.15) is 5.82 Å². The minimum atomic E-state index is 0.650. The molecule has 1 heterocycles. The first kappa shape index (κ1) is 11.5. The van der Waals surface area contributed by atoms with Crippen LogP contribution in [0.2, 0.25) is 0 Å². The van der Waals surface area contributed by atoms with Crippen molar-refractivity contribution in [1.29, 1.82) is 5.26 Å². The Morgan fingerprint density at radius 3 is 2.80 bits per heavy atom. The first-order chi connectivity index (χ1) is 7.30. The number of rotatable bonds is 5. The molecular weight excluding hydrogens is 186 g/mol. The monoisotopic (exact) mass is 203 g/mol. The van der Waals surface area contributed by atoms with E-state index in [1.807, 2.05) is 0 Å². The van der Waals surface area contributed by atoms with E-state index in [0.717, 1.165) is 12.4 Å². The van der Waals surface area contributed by atoms with Gasteiger partial charge in [-0.15, -0.1) is 0 Å². The van der Waals surface area contributed by atoms with Crippen LogP contribution in [0.5, 0.6) is 0 Å². The molecule has 1 rings (SSSR count). The van der Waals surface area contributed by atoms with Gasteiger partial charge in [-0.2, -0.15) is 5.26 Å². The van der Waals surface area contributed by atoms with Crippen molar-refractivity contribution < 1.29 is 0 Å². The summed E-state index contributed by atoms with van der Waals surface area (Å²) in [6.07, 6.45) is 4.00. The molecule has 1 N–H and O–H groups in total. The normalized spacial score (nSPS) is 10.0. The van der Waals surface area contributed by atoms with Gasteiger partial charge in [-0.3, -0.25) is 0 Å². The van der Waals surface area contributed by atoms with Crippen molar-refractivity contribution in [3.8, 4) is 6.07 Å². The van der Waals surface area contributed by atoms with Crippen LogP contribution < -0.4 is 5.32 Å². The maximum atomic E-state index is 8.73. The smallest absolute Gasteiger partial charge is 0.127 e. The molecule has 15 heavy (non-hydrogen) atoms. The number of nitrogens with one attached hydrogen (secondary N) is 1. The highest BCUT2D eigenvalue weighted by Crippen LogP contribution is 2.10. The van der Waals surface area contributed by atoms with Crippen molar-refractivity contribution in [2.24, 2.45) is 5.92 Å². The van der Waals surface area contributed by atoms with Gasteiger partial charge >= 0.3 is 0 Å². The molecule has 1 aromatic heterocycles. The molecule has 1 aromatic rings. The van der Waals surface area contributed by atoms with Crippen LogP contribution in [0.15, 0.2) is 18.3 Å². The third kappa shape index (κ3) is 3.59. The number of anilines is 1. The van der Waals surface area contributed by atoms with Crippen LogP contribution in [0.4, 0.5) is 5.82 Å². The Bertz CT molecular complexity index is 337. The van der Waals surface area contributed by atoms with Crippen LogP contribution >= 0.6 is 0 Å². The number of aromatic nitrogens is 1. The van der Waals surface area contributed by atoms with Gasteiger partial charge < -0.3 is 5.32 Å². The average Bonchev–Trinajstić information content (AvgIpc) is 2.31. The van der Waals surface area contributed by atoms with E-state index in [-0.39, 0.29) is 0 Å². The van der Waals surface area contributed by atoms with E-state index in [9.17, 15) is 0 Å². The fourth-order valence-corrected chi connectivity index (χ4v) is 1.42. The van der Waals surface area contributed by atoms with Gasteiger partial charge in [0, 0.05) is 12.7 Å². The fourth-order valence-electron chi connectivity index (χ4n) is 1.42. The Labute approximate surface area is 91.1 Å². The largest absolute Gasteiger partial charge is 0.370 e. The summed E-state index contributed by atoms with van der Waals surface area (Å²) in [5.41, 5.74) is 0.650. The van der Waals surface area contributed by atoms with E-state index < -0.39 is 0 Å². The summed E-state index contributed by atoms with van der Waals surface area (Å²) >= 11 is 0. The summed E-state index contributed by atoms with van der Waals surface area (Å²) < 4.78 is 0. The lowest BCUT2D eigenvalue weighted by Crippen LogP contribution is -2.13. The molecule has 0 aliphatic heterocycles. The van der Waals surface area contributed by atoms with E-state index in [0.29, 0.717) is 11.5 Å². The molecule has 0 aliphatic rings. The SMILES string of the molecule is CCC(CC)CNc1cc(C#N)ccn1. The minimum Gasteiger partial charge on any atom is -0.370 e. The molecule has 0 bridgehead atoms. The Hall–Kier alpha value is -1.56. The number of hydrogen-bond acceptors (Lipinski definition) is 3. The quantitative estimate of drug-likeness (QED) is 0.800.